The van der Waals surface area contributed by atoms with E-state index in [1.807, 2.05) is 36.9 Å². The smallest absolute Gasteiger partial charge is 0.234 e. The highest BCUT2D eigenvalue weighted by atomic mass is 32.2. The van der Waals surface area contributed by atoms with Crippen molar-refractivity contribution in [3.8, 4) is 0 Å². The Labute approximate surface area is 187 Å². The topological polar surface area (TPSA) is 59.8 Å². The monoisotopic (exact) mass is 440 g/mol. The summed E-state index contributed by atoms with van der Waals surface area (Å²) in [6.45, 7) is 9.07. The highest BCUT2D eigenvalue weighted by Gasteiger charge is 2.13. The van der Waals surface area contributed by atoms with Crippen LogP contribution in [0.3, 0.4) is 0 Å². The Bertz CT molecular complexity index is 999. The first-order valence-corrected chi connectivity index (χ1v) is 12.2. The van der Waals surface area contributed by atoms with Crippen LogP contribution in [0.2, 0.25) is 0 Å². The molecule has 0 radical (unpaired) electrons. The van der Waals surface area contributed by atoms with E-state index >= 15 is 0 Å². The van der Waals surface area contributed by atoms with Crippen LogP contribution in [0.4, 0.5) is 5.69 Å². The fraction of sp³-hybridized carbons (Fsp3) is 0.348. The standard InChI is InChI=1S/C23H28N4OS2/c1-5-27-21(14-29-13-19-9-6-16(2)7-10-19)25-26-23(27)30-15-22(28)24-20-11-8-17(3)18(4)12-20/h6-12H,5,13-15H2,1-4H3,(H,24,28). The maximum Gasteiger partial charge on any atom is 0.234 e. The number of rotatable bonds is 9. The van der Waals surface area contributed by atoms with Crippen molar-refractivity contribution < 1.29 is 4.79 Å². The molecule has 0 unspecified atom stereocenters. The first-order valence-electron chi connectivity index (χ1n) is 10.0. The highest BCUT2D eigenvalue weighted by Crippen LogP contribution is 2.22. The molecule has 0 saturated carbocycles. The molecule has 0 atom stereocenters. The summed E-state index contributed by atoms with van der Waals surface area (Å²) in [4.78, 5) is 12.3. The molecule has 1 N–H and O–H groups in total. The minimum absolute atomic E-state index is 0.0378. The van der Waals surface area contributed by atoms with Crippen LogP contribution in [0.25, 0.3) is 0 Å². The zero-order valence-corrected chi connectivity index (χ0v) is 19.6. The molecule has 3 rings (SSSR count). The van der Waals surface area contributed by atoms with E-state index in [9.17, 15) is 4.79 Å². The van der Waals surface area contributed by atoms with Crippen LogP contribution in [0.5, 0.6) is 0 Å². The van der Waals surface area contributed by atoms with Gasteiger partial charge in [0.25, 0.3) is 0 Å². The number of hydrogen-bond acceptors (Lipinski definition) is 5. The Balaban J connectivity index is 1.52. The Kier molecular flexibility index (Phi) is 7.99. The van der Waals surface area contributed by atoms with Crippen LogP contribution in [0.15, 0.2) is 47.6 Å². The summed E-state index contributed by atoms with van der Waals surface area (Å²) in [5.74, 6) is 2.96. The fourth-order valence-corrected chi connectivity index (χ4v) is 4.69. The molecule has 30 heavy (non-hydrogen) atoms. The van der Waals surface area contributed by atoms with E-state index < -0.39 is 0 Å². The molecule has 1 heterocycles. The van der Waals surface area contributed by atoms with Crippen molar-refractivity contribution in [3.05, 3.63) is 70.5 Å². The van der Waals surface area contributed by atoms with Crippen molar-refractivity contribution in [3.63, 3.8) is 0 Å². The molecule has 0 fully saturated rings. The summed E-state index contributed by atoms with van der Waals surface area (Å²) in [7, 11) is 0. The number of aryl methyl sites for hydroxylation is 3. The summed E-state index contributed by atoms with van der Waals surface area (Å²) in [6.07, 6.45) is 0. The largest absolute Gasteiger partial charge is 0.325 e. The Morgan fingerprint density at radius 2 is 1.77 bits per heavy atom. The van der Waals surface area contributed by atoms with Gasteiger partial charge in [0.2, 0.25) is 5.91 Å². The summed E-state index contributed by atoms with van der Waals surface area (Å²) in [5, 5.41) is 12.4. The summed E-state index contributed by atoms with van der Waals surface area (Å²) < 4.78 is 2.09. The van der Waals surface area contributed by atoms with Gasteiger partial charge in [-0.15, -0.1) is 22.0 Å². The lowest BCUT2D eigenvalue weighted by molar-refractivity contribution is -0.113. The number of nitrogens with zero attached hydrogens (tertiary/aromatic N) is 3. The predicted molar refractivity (Wildman–Crippen MR) is 127 cm³/mol. The predicted octanol–water partition coefficient (Wildman–Crippen LogP) is 5.39. The number of amides is 1. The van der Waals surface area contributed by atoms with E-state index in [-0.39, 0.29) is 5.91 Å². The van der Waals surface area contributed by atoms with Crippen molar-refractivity contribution in [2.24, 2.45) is 0 Å². The third-order valence-corrected chi connectivity index (χ3v) is 6.82. The number of aromatic nitrogens is 3. The minimum atomic E-state index is -0.0378. The molecule has 0 saturated heterocycles. The van der Waals surface area contributed by atoms with Gasteiger partial charge in [-0.25, -0.2) is 0 Å². The van der Waals surface area contributed by atoms with Crippen LogP contribution >= 0.6 is 23.5 Å². The molecular formula is C23H28N4OS2. The van der Waals surface area contributed by atoms with Gasteiger partial charge in [0.15, 0.2) is 5.16 Å². The molecule has 158 valence electrons. The van der Waals surface area contributed by atoms with Crippen molar-refractivity contribution >= 4 is 35.1 Å². The maximum atomic E-state index is 12.3. The average molecular weight is 441 g/mol. The van der Waals surface area contributed by atoms with Crippen molar-refractivity contribution in [2.45, 2.75) is 50.9 Å². The molecule has 2 aromatic carbocycles. The van der Waals surface area contributed by atoms with Gasteiger partial charge in [0.05, 0.1) is 11.5 Å². The van der Waals surface area contributed by atoms with Gasteiger partial charge in [-0.2, -0.15) is 0 Å². The van der Waals surface area contributed by atoms with Crippen molar-refractivity contribution in [1.82, 2.24) is 14.8 Å². The van der Waals surface area contributed by atoms with Crippen molar-refractivity contribution in [2.75, 3.05) is 11.1 Å². The molecule has 0 aliphatic carbocycles. The second kappa shape index (κ2) is 10.7. The van der Waals surface area contributed by atoms with Gasteiger partial charge in [-0.1, -0.05) is 47.7 Å². The zero-order valence-electron chi connectivity index (χ0n) is 17.9. The Hall–Kier alpha value is -2.25. The first-order chi connectivity index (χ1) is 14.5. The van der Waals surface area contributed by atoms with Gasteiger partial charge in [-0.3, -0.25) is 4.79 Å². The summed E-state index contributed by atoms with van der Waals surface area (Å²) >= 11 is 3.25. The van der Waals surface area contributed by atoms with E-state index in [2.05, 4.69) is 65.1 Å². The third-order valence-electron chi connectivity index (χ3n) is 4.85. The first kappa shape index (κ1) is 22.4. The average Bonchev–Trinajstić information content (AvgIpc) is 3.12. The van der Waals surface area contributed by atoms with E-state index in [1.54, 1.807) is 0 Å². The lowest BCUT2D eigenvalue weighted by Crippen LogP contribution is -2.15. The summed E-state index contributed by atoms with van der Waals surface area (Å²) in [6, 6.07) is 14.6. The Morgan fingerprint density at radius 3 is 2.47 bits per heavy atom. The maximum absolute atomic E-state index is 12.3. The minimum Gasteiger partial charge on any atom is -0.325 e. The third kappa shape index (κ3) is 6.12. The molecule has 0 aliphatic rings. The molecule has 3 aromatic rings. The van der Waals surface area contributed by atoms with E-state index in [1.165, 1.54) is 34.0 Å². The second-order valence-corrected chi connectivity index (χ2v) is 9.19. The lowest BCUT2D eigenvalue weighted by atomic mass is 10.1. The molecule has 1 aromatic heterocycles. The zero-order chi connectivity index (χ0) is 21.5. The van der Waals surface area contributed by atoms with Gasteiger partial charge >= 0.3 is 0 Å². The van der Waals surface area contributed by atoms with Crippen LogP contribution < -0.4 is 5.32 Å². The van der Waals surface area contributed by atoms with Gasteiger partial charge < -0.3 is 9.88 Å². The number of carbonyl (C=O) groups is 1. The molecule has 0 aliphatic heterocycles. The van der Waals surface area contributed by atoms with Gasteiger partial charge in [0, 0.05) is 18.0 Å². The number of thioether (sulfide) groups is 2. The molecule has 1 amide bonds. The lowest BCUT2D eigenvalue weighted by Gasteiger charge is -2.09. The molecule has 5 nitrogen and oxygen atoms in total. The Morgan fingerprint density at radius 1 is 1.00 bits per heavy atom. The van der Waals surface area contributed by atoms with Crippen LogP contribution in [-0.4, -0.2) is 26.4 Å². The normalized spacial score (nSPS) is 10.9. The molecule has 0 spiro atoms. The molecule has 7 heteroatoms. The van der Waals surface area contributed by atoms with E-state index in [0.29, 0.717) is 5.75 Å². The second-order valence-electron chi connectivity index (χ2n) is 7.26. The van der Waals surface area contributed by atoms with Crippen LogP contribution in [-0.2, 0) is 22.8 Å². The number of benzene rings is 2. The van der Waals surface area contributed by atoms with Gasteiger partial charge in [0.1, 0.15) is 5.82 Å². The SMILES string of the molecule is CCn1c(CSCc2ccc(C)cc2)nnc1SCC(=O)Nc1ccc(C)c(C)c1. The van der Waals surface area contributed by atoms with E-state index in [4.69, 9.17) is 0 Å². The quantitative estimate of drug-likeness (QED) is 0.452. The molecular weight excluding hydrogens is 412 g/mol. The fourth-order valence-electron chi connectivity index (χ4n) is 2.94. The summed E-state index contributed by atoms with van der Waals surface area (Å²) in [5.41, 5.74) is 5.79. The van der Waals surface area contributed by atoms with E-state index in [0.717, 1.165) is 34.7 Å². The van der Waals surface area contributed by atoms with Crippen molar-refractivity contribution in [1.29, 1.82) is 0 Å². The van der Waals surface area contributed by atoms with Crippen LogP contribution in [0, 0.1) is 20.8 Å². The number of carbonyl (C=O) groups excluding carboxylic acids is 1. The number of anilines is 1. The number of nitrogens with one attached hydrogen (secondary N) is 1. The molecule has 0 bridgehead atoms. The number of hydrogen-bond donors (Lipinski definition) is 1. The van der Waals surface area contributed by atoms with Crippen LogP contribution in [0.1, 0.15) is 35.0 Å². The highest BCUT2D eigenvalue weighted by molar-refractivity contribution is 7.99. The van der Waals surface area contributed by atoms with Gasteiger partial charge in [-0.05, 0) is 56.5 Å².